The second kappa shape index (κ2) is 11.3. The highest BCUT2D eigenvalue weighted by atomic mass is 32.1. The van der Waals surface area contributed by atoms with Crippen LogP contribution in [-0.2, 0) is 11.2 Å². The number of pyridine rings is 1. The van der Waals surface area contributed by atoms with Crippen molar-refractivity contribution >= 4 is 40.6 Å². The molecule has 0 aliphatic heterocycles. The Morgan fingerprint density at radius 1 is 1.05 bits per heavy atom. The minimum Gasteiger partial charge on any atom is -0.478 e. The van der Waals surface area contributed by atoms with Gasteiger partial charge in [-0.15, -0.1) is 16.4 Å². The van der Waals surface area contributed by atoms with Crippen LogP contribution in [0.15, 0.2) is 73.1 Å². The smallest absolute Gasteiger partial charge is 0.478 e. The van der Waals surface area contributed by atoms with Crippen LogP contribution in [0.3, 0.4) is 0 Å². The van der Waals surface area contributed by atoms with Gasteiger partial charge in [-0.3, -0.25) is 0 Å². The fourth-order valence-corrected chi connectivity index (χ4v) is 4.42. The number of nitrogens with one attached hydrogen (secondary N) is 1. The molecule has 0 fully saturated rings. The maximum Gasteiger partial charge on any atom is 0.490 e. The van der Waals surface area contributed by atoms with Crippen molar-refractivity contribution in [3.63, 3.8) is 0 Å². The highest BCUT2D eigenvalue weighted by molar-refractivity contribution is 7.15. The molecule has 2 aromatic carbocycles. The summed E-state index contributed by atoms with van der Waals surface area (Å²) < 4.78 is 33.5. The molecule has 0 saturated carbocycles. The number of carboxylic acid groups (broad SMARTS) is 2. The molecule has 5 aromatic rings. The minimum absolute atomic E-state index is 0.286. The summed E-state index contributed by atoms with van der Waals surface area (Å²) in [5, 5.41) is 24.9. The lowest BCUT2D eigenvalue weighted by Crippen LogP contribution is -2.21. The highest BCUT2D eigenvalue weighted by Gasteiger charge is 2.38. The molecule has 0 bridgehead atoms. The van der Waals surface area contributed by atoms with E-state index in [1.54, 1.807) is 28.0 Å². The molecule has 9 nitrogen and oxygen atoms in total. The average molecular weight is 556 g/mol. The number of carboxylic acids is 2. The largest absolute Gasteiger partial charge is 0.490 e. The first-order valence-corrected chi connectivity index (χ1v) is 12.1. The van der Waals surface area contributed by atoms with E-state index >= 15 is 0 Å². The summed E-state index contributed by atoms with van der Waals surface area (Å²) in [5.41, 5.74) is 5.20. The molecular weight excluding hydrogens is 535 g/mol. The van der Waals surface area contributed by atoms with Gasteiger partial charge in [0.2, 0.25) is 5.95 Å². The van der Waals surface area contributed by atoms with Crippen LogP contribution in [0, 0.1) is 6.92 Å². The molecule has 39 heavy (non-hydrogen) atoms. The second-order valence-electron chi connectivity index (χ2n) is 8.25. The van der Waals surface area contributed by atoms with Gasteiger partial charge in [0.1, 0.15) is 0 Å². The average Bonchev–Trinajstić information content (AvgIpc) is 3.50. The Bertz CT molecular complexity index is 1600. The van der Waals surface area contributed by atoms with Crippen LogP contribution in [0.25, 0.3) is 16.1 Å². The topological polar surface area (TPSA) is 130 Å². The molecule has 0 spiro atoms. The van der Waals surface area contributed by atoms with Crippen molar-refractivity contribution in [1.29, 1.82) is 0 Å². The molecule has 5 rings (SSSR count). The van der Waals surface area contributed by atoms with Crippen LogP contribution in [0.2, 0.25) is 0 Å². The van der Waals surface area contributed by atoms with Gasteiger partial charge >= 0.3 is 18.1 Å². The Kier molecular flexibility index (Phi) is 7.91. The standard InChI is InChI=1S/C24H19N5O2S.C2HF3O2/c1-15-10-18(13-19(11-15)26-24-27-21-4-2-3-9-29(21)28-24)20-14-25-22(32-20)12-16-5-7-17(8-6-16)23(30)31;3-2(4,5)1(6)7/h2-11,13-14H,12H2,1H3,(H,26,28)(H,30,31);(H,6,7). The zero-order valence-electron chi connectivity index (χ0n) is 20.2. The Morgan fingerprint density at radius 3 is 2.41 bits per heavy atom. The quantitative estimate of drug-likeness (QED) is 0.239. The summed E-state index contributed by atoms with van der Waals surface area (Å²) >= 11 is 1.63. The fraction of sp³-hybridized carbons (Fsp3) is 0.115. The zero-order valence-corrected chi connectivity index (χ0v) is 21.0. The number of fused-ring (bicyclic) bond motifs is 1. The van der Waals surface area contributed by atoms with Crippen LogP contribution >= 0.6 is 11.3 Å². The van der Waals surface area contributed by atoms with E-state index in [0.29, 0.717) is 12.4 Å². The zero-order chi connectivity index (χ0) is 28.2. The summed E-state index contributed by atoms with van der Waals surface area (Å²) in [4.78, 5) is 30.1. The fourth-order valence-electron chi connectivity index (χ4n) is 3.48. The van der Waals surface area contributed by atoms with Crippen LogP contribution in [0.1, 0.15) is 26.5 Å². The number of nitrogens with zero attached hydrogens (tertiary/aromatic N) is 4. The van der Waals surface area contributed by atoms with Crippen LogP contribution in [-0.4, -0.2) is 47.9 Å². The summed E-state index contributed by atoms with van der Waals surface area (Å²) in [6.45, 7) is 2.05. The van der Waals surface area contributed by atoms with E-state index in [1.165, 1.54) is 0 Å². The van der Waals surface area contributed by atoms with Gasteiger partial charge in [-0.2, -0.15) is 18.2 Å². The molecule has 0 radical (unpaired) electrons. The second-order valence-corrected chi connectivity index (χ2v) is 9.37. The molecule has 0 aliphatic rings. The molecule has 200 valence electrons. The highest BCUT2D eigenvalue weighted by Crippen LogP contribution is 2.31. The lowest BCUT2D eigenvalue weighted by Gasteiger charge is -2.06. The van der Waals surface area contributed by atoms with E-state index in [1.807, 2.05) is 42.7 Å². The summed E-state index contributed by atoms with van der Waals surface area (Å²) in [7, 11) is 0. The summed E-state index contributed by atoms with van der Waals surface area (Å²) in [6.07, 6.45) is -0.677. The Balaban J connectivity index is 0.000000448. The molecular formula is C26H20F3N5O4S. The molecule has 3 aromatic heterocycles. The van der Waals surface area contributed by atoms with Gasteiger partial charge in [0, 0.05) is 24.5 Å². The van der Waals surface area contributed by atoms with Crippen LogP contribution < -0.4 is 5.32 Å². The lowest BCUT2D eigenvalue weighted by molar-refractivity contribution is -0.192. The van der Waals surface area contributed by atoms with Gasteiger partial charge in [-0.1, -0.05) is 24.3 Å². The number of aryl methyl sites for hydroxylation is 1. The van der Waals surface area contributed by atoms with Crippen molar-refractivity contribution in [2.45, 2.75) is 19.5 Å². The first-order valence-electron chi connectivity index (χ1n) is 11.3. The predicted molar refractivity (Wildman–Crippen MR) is 138 cm³/mol. The van der Waals surface area contributed by atoms with Crippen molar-refractivity contribution in [2.24, 2.45) is 0 Å². The summed E-state index contributed by atoms with van der Waals surface area (Å²) in [6, 6.07) is 18.9. The van der Waals surface area contributed by atoms with Crippen molar-refractivity contribution in [3.05, 3.63) is 94.8 Å². The normalized spacial score (nSPS) is 11.1. The molecule has 0 saturated heterocycles. The number of aliphatic carboxylic acids is 1. The van der Waals surface area contributed by atoms with E-state index < -0.39 is 18.1 Å². The number of hydrogen-bond acceptors (Lipinski definition) is 7. The van der Waals surface area contributed by atoms with Crippen LogP contribution in [0.5, 0.6) is 0 Å². The molecule has 13 heteroatoms. The number of hydrogen-bond donors (Lipinski definition) is 3. The van der Waals surface area contributed by atoms with Gasteiger partial charge in [0.05, 0.1) is 15.4 Å². The first kappa shape index (κ1) is 27.3. The Labute approximate surface area is 223 Å². The number of carbonyl (C=O) groups is 2. The number of alkyl halides is 3. The van der Waals surface area contributed by atoms with E-state index in [9.17, 15) is 18.0 Å². The third-order valence-corrected chi connectivity index (χ3v) is 6.26. The van der Waals surface area contributed by atoms with E-state index in [2.05, 4.69) is 45.5 Å². The molecule has 0 unspecified atom stereocenters. The molecule has 0 atom stereocenters. The Hall–Kier alpha value is -4.78. The van der Waals surface area contributed by atoms with Crippen molar-refractivity contribution in [3.8, 4) is 10.4 Å². The minimum atomic E-state index is -5.08. The van der Waals surface area contributed by atoms with E-state index in [4.69, 9.17) is 15.0 Å². The van der Waals surface area contributed by atoms with E-state index in [0.717, 1.165) is 37.9 Å². The molecule has 0 aliphatic carbocycles. The maximum absolute atomic E-state index is 11.0. The van der Waals surface area contributed by atoms with Crippen molar-refractivity contribution < 1.29 is 33.0 Å². The first-order chi connectivity index (χ1) is 18.5. The third-order valence-electron chi connectivity index (χ3n) is 5.21. The van der Waals surface area contributed by atoms with Gasteiger partial charge in [0.15, 0.2) is 5.65 Å². The maximum atomic E-state index is 11.0. The van der Waals surface area contributed by atoms with Gasteiger partial charge in [-0.05, 0) is 60.0 Å². The van der Waals surface area contributed by atoms with Crippen molar-refractivity contribution in [2.75, 3.05) is 5.32 Å². The van der Waals surface area contributed by atoms with Crippen LogP contribution in [0.4, 0.5) is 24.8 Å². The van der Waals surface area contributed by atoms with Gasteiger partial charge < -0.3 is 15.5 Å². The number of aromatic carboxylic acids is 1. The monoisotopic (exact) mass is 555 g/mol. The Morgan fingerprint density at radius 2 is 1.77 bits per heavy atom. The third kappa shape index (κ3) is 7.17. The number of aromatic nitrogens is 4. The molecule has 0 amide bonds. The molecule has 3 N–H and O–H groups in total. The van der Waals surface area contributed by atoms with Gasteiger partial charge in [-0.25, -0.2) is 19.1 Å². The van der Waals surface area contributed by atoms with Gasteiger partial charge in [0.25, 0.3) is 0 Å². The molecule has 3 heterocycles. The summed E-state index contributed by atoms with van der Waals surface area (Å²) in [5.74, 6) is -3.13. The number of anilines is 2. The number of rotatable bonds is 6. The van der Waals surface area contributed by atoms with E-state index in [-0.39, 0.29) is 5.56 Å². The lowest BCUT2D eigenvalue weighted by atomic mass is 10.1. The number of thiazole rings is 1. The number of benzene rings is 2. The number of halogens is 3. The van der Waals surface area contributed by atoms with Crippen molar-refractivity contribution in [1.82, 2.24) is 19.6 Å². The predicted octanol–water partition coefficient (Wildman–Crippen LogP) is 5.83. The SMILES string of the molecule is Cc1cc(Nc2nc3ccccn3n2)cc(-c2cnc(Cc3ccc(C(=O)O)cc3)s2)c1.O=C(O)C(F)(F)F.